The molecule has 2 rings (SSSR count). The molecule has 0 spiro atoms. The van der Waals surface area contributed by atoms with Gasteiger partial charge < -0.3 is 11.1 Å². The highest BCUT2D eigenvalue weighted by atomic mass is 32.1. The highest BCUT2D eigenvalue weighted by Crippen LogP contribution is 2.10. The Balaban J connectivity index is 1.96. The van der Waals surface area contributed by atoms with E-state index in [0.29, 0.717) is 11.3 Å². The van der Waals surface area contributed by atoms with Crippen molar-refractivity contribution in [1.82, 2.24) is 9.78 Å². The zero-order valence-corrected chi connectivity index (χ0v) is 12.0. The molecule has 7 heteroatoms. The van der Waals surface area contributed by atoms with Crippen molar-refractivity contribution in [3.8, 4) is 0 Å². The first-order chi connectivity index (χ1) is 10.1. The number of carbonyl (C=O) groups is 1. The topological polar surface area (TPSA) is 90.0 Å². The lowest BCUT2D eigenvalue weighted by atomic mass is 10.2. The quantitative estimate of drug-likeness (QED) is 0.801. The van der Waals surface area contributed by atoms with E-state index in [4.69, 9.17) is 18.0 Å². The van der Waals surface area contributed by atoms with Gasteiger partial charge in [0.2, 0.25) is 5.91 Å². The van der Waals surface area contributed by atoms with Gasteiger partial charge in [0.25, 0.3) is 5.56 Å². The number of aromatic nitrogens is 2. The summed E-state index contributed by atoms with van der Waals surface area (Å²) in [5, 5.41) is 6.61. The minimum atomic E-state index is -0.235. The van der Waals surface area contributed by atoms with Gasteiger partial charge >= 0.3 is 0 Å². The normalized spacial score (nSPS) is 10.1. The maximum atomic E-state index is 11.9. The van der Waals surface area contributed by atoms with Gasteiger partial charge in [0.15, 0.2) is 0 Å². The summed E-state index contributed by atoms with van der Waals surface area (Å²) in [4.78, 5) is 23.6. The van der Waals surface area contributed by atoms with Crippen LogP contribution < -0.4 is 16.6 Å². The van der Waals surface area contributed by atoms with E-state index in [2.05, 4.69) is 10.4 Å². The Hall–Kier alpha value is -2.54. The van der Waals surface area contributed by atoms with Crippen LogP contribution in [0.3, 0.4) is 0 Å². The van der Waals surface area contributed by atoms with Crippen molar-refractivity contribution in [3.63, 3.8) is 0 Å². The number of nitrogens with one attached hydrogen (secondary N) is 1. The number of nitrogens with two attached hydrogens (primary N) is 1. The van der Waals surface area contributed by atoms with Crippen molar-refractivity contribution in [3.05, 3.63) is 58.5 Å². The highest BCUT2D eigenvalue weighted by Gasteiger charge is 2.05. The molecule has 0 radical (unpaired) electrons. The summed E-state index contributed by atoms with van der Waals surface area (Å²) in [7, 11) is 0. The first kappa shape index (κ1) is 14.9. The molecule has 1 amide bonds. The molecule has 0 aliphatic carbocycles. The first-order valence-electron chi connectivity index (χ1n) is 6.28. The van der Waals surface area contributed by atoms with Crippen LogP contribution in [0.1, 0.15) is 12.0 Å². The van der Waals surface area contributed by atoms with Crippen LogP contribution in [0.4, 0.5) is 5.69 Å². The molecule has 1 aromatic heterocycles. The van der Waals surface area contributed by atoms with Gasteiger partial charge in [-0.15, -0.1) is 0 Å². The fourth-order valence-corrected chi connectivity index (χ4v) is 1.86. The number of amides is 1. The van der Waals surface area contributed by atoms with E-state index >= 15 is 0 Å². The third-order valence-electron chi connectivity index (χ3n) is 2.77. The molecule has 0 fully saturated rings. The number of anilines is 1. The van der Waals surface area contributed by atoms with Gasteiger partial charge in [-0.2, -0.15) is 5.10 Å². The van der Waals surface area contributed by atoms with Crippen molar-refractivity contribution in [2.24, 2.45) is 5.73 Å². The molecule has 2 aromatic rings. The lowest BCUT2D eigenvalue weighted by molar-refractivity contribution is -0.116. The minimum Gasteiger partial charge on any atom is -0.389 e. The number of benzene rings is 1. The Kier molecular flexibility index (Phi) is 4.78. The van der Waals surface area contributed by atoms with Crippen LogP contribution in [-0.2, 0) is 11.3 Å². The number of thiocarbonyl (C=S) groups is 1. The molecule has 108 valence electrons. The number of hydrogen-bond acceptors (Lipinski definition) is 4. The van der Waals surface area contributed by atoms with E-state index in [1.807, 2.05) is 0 Å². The maximum absolute atomic E-state index is 11.9. The lowest BCUT2D eigenvalue weighted by Gasteiger charge is -2.07. The van der Waals surface area contributed by atoms with Crippen molar-refractivity contribution >= 4 is 28.8 Å². The molecule has 21 heavy (non-hydrogen) atoms. The molecule has 0 bridgehead atoms. The fraction of sp³-hybridized carbons (Fsp3) is 0.143. The van der Waals surface area contributed by atoms with Gasteiger partial charge in [-0.25, -0.2) is 4.68 Å². The molecule has 0 aliphatic rings. The van der Waals surface area contributed by atoms with Gasteiger partial charge in [0.1, 0.15) is 4.99 Å². The highest BCUT2D eigenvalue weighted by molar-refractivity contribution is 7.80. The SMILES string of the molecule is NC(=S)c1cccc(NC(=O)CCn2ncccc2=O)c1. The second kappa shape index (κ2) is 6.76. The first-order valence-corrected chi connectivity index (χ1v) is 6.69. The van der Waals surface area contributed by atoms with E-state index in [1.165, 1.54) is 16.9 Å². The van der Waals surface area contributed by atoms with Crippen LogP contribution in [0.15, 0.2) is 47.4 Å². The molecule has 3 N–H and O–H groups in total. The Morgan fingerprint density at radius 2 is 2.14 bits per heavy atom. The second-order valence-electron chi connectivity index (χ2n) is 4.33. The summed E-state index contributed by atoms with van der Waals surface area (Å²) in [5.74, 6) is -0.215. The summed E-state index contributed by atoms with van der Waals surface area (Å²) in [6.45, 7) is 0.223. The smallest absolute Gasteiger partial charge is 0.266 e. The predicted molar refractivity (Wildman–Crippen MR) is 84.1 cm³/mol. The summed E-state index contributed by atoms with van der Waals surface area (Å²) >= 11 is 4.88. The Bertz CT molecular complexity index is 727. The summed E-state index contributed by atoms with van der Waals surface area (Å²) in [6.07, 6.45) is 1.65. The zero-order chi connectivity index (χ0) is 15.2. The zero-order valence-electron chi connectivity index (χ0n) is 11.2. The van der Waals surface area contributed by atoms with Crippen LogP contribution in [0.25, 0.3) is 0 Å². The van der Waals surface area contributed by atoms with Crippen LogP contribution in [-0.4, -0.2) is 20.7 Å². The third kappa shape index (κ3) is 4.22. The number of carbonyl (C=O) groups excluding carboxylic acids is 1. The number of nitrogens with zero attached hydrogens (tertiary/aromatic N) is 2. The van der Waals surface area contributed by atoms with Gasteiger partial charge in [0.05, 0.1) is 6.54 Å². The van der Waals surface area contributed by atoms with E-state index in [0.717, 1.165) is 0 Å². The molecule has 1 aromatic carbocycles. The Labute approximate surface area is 126 Å². The van der Waals surface area contributed by atoms with Gasteiger partial charge in [-0.1, -0.05) is 24.4 Å². The van der Waals surface area contributed by atoms with Crippen molar-refractivity contribution in [1.29, 1.82) is 0 Å². The average Bonchev–Trinajstić information content (AvgIpc) is 2.46. The summed E-state index contributed by atoms with van der Waals surface area (Å²) in [6, 6.07) is 9.93. The lowest BCUT2D eigenvalue weighted by Crippen LogP contribution is -2.24. The number of aryl methyl sites for hydroxylation is 1. The molecule has 0 aliphatic heterocycles. The monoisotopic (exact) mass is 302 g/mol. The van der Waals surface area contributed by atoms with E-state index in [1.54, 1.807) is 30.3 Å². The van der Waals surface area contributed by atoms with E-state index < -0.39 is 0 Å². The van der Waals surface area contributed by atoms with E-state index in [9.17, 15) is 9.59 Å². The molecular formula is C14H14N4O2S. The van der Waals surface area contributed by atoms with Crippen LogP contribution in [0.5, 0.6) is 0 Å². The minimum absolute atomic E-state index is 0.147. The number of rotatable bonds is 5. The molecule has 0 unspecified atom stereocenters. The van der Waals surface area contributed by atoms with Crippen molar-refractivity contribution in [2.75, 3.05) is 5.32 Å². The number of hydrogen-bond donors (Lipinski definition) is 2. The molecule has 0 saturated heterocycles. The fourth-order valence-electron chi connectivity index (χ4n) is 1.74. The maximum Gasteiger partial charge on any atom is 0.266 e. The summed E-state index contributed by atoms with van der Waals surface area (Å²) in [5.41, 5.74) is 6.60. The van der Waals surface area contributed by atoms with Crippen molar-refractivity contribution < 1.29 is 4.79 Å². The van der Waals surface area contributed by atoms with Gasteiger partial charge in [0, 0.05) is 29.9 Å². The van der Waals surface area contributed by atoms with Crippen LogP contribution >= 0.6 is 12.2 Å². The van der Waals surface area contributed by atoms with Gasteiger partial charge in [-0.05, 0) is 18.2 Å². The second-order valence-corrected chi connectivity index (χ2v) is 4.77. The largest absolute Gasteiger partial charge is 0.389 e. The predicted octanol–water partition coefficient (Wildman–Crippen LogP) is 0.906. The van der Waals surface area contributed by atoms with Crippen molar-refractivity contribution in [2.45, 2.75) is 13.0 Å². The van der Waals surface area contributed by atoms with Gasteiger partial charge in [-0.3, -0.25) is 9.59 Å². The van der Waals surface area contributed by atoms with Crippen LogP contribution in [0.2, 0.25) is 0 Å². The molecule has 0 atom stereocenters. The standard InChI is InChI=1S/C14H14N4O2S/c15-14(21)10-3-1-4-11(9-10)17-12(19)6-8-18-13(20)5-2-7-16-18/h1-5,7,9H,6,8H2,(H2,15,21)(H,17,19). The third-order valence-corrected chi connectivity index (χ3v) is 3.00. The Morgan fingerprint density at radius 1 is 1.33 bits per heavy atom. The molecule has 0 saturated carbocycles. The molecule has 1 heterocycles. The Morgan fingerprint density at radius 3 is 2.86 bits per heavy atom. The van der Waals surface area contributed by atoms with E-state index in [-0.39, 0.29) is 29.4 Å². The average molecular weight is 302 g/mol. The summed E-state index contributed by atoms with van der Waals surface area (Å²) < 4.78 is 1.24. The molecular weight excluding hydrogens is 288 g/mol. The van der Waals surface area contributed by atoms with Crippen LogP contribution in [0, 0.1) is 0 Å². The molecule has 6 nitrogen and oxygen atoms in total.